The van der Waals surface area contributed by atoms with E-state index in [-0.39, 0.29) is 28.3 Å². The molecule has 0 fully saturated rings. The third-order valence-corrected chi connectivity index (χ3v) is 4.00. The minimum Gasteiger partial charge on any atom is -0.384 e. The minimum atomic E-state index is -3.17. The second kappa shape index (κ2) is 5.95. The predicted octanol–water partition coefficient (Wildman–Crippen LogP) is 0.912. The van der Waals surface area contributed by atoms with E-state index in [1.165, 1.54) is 0 Å². The van der Waals surface area contributed by atoms with Gasteiger partial charge in [-0.2, -0.15) is 10.5 Å². The third kappa shape index (κ3) is 3.39. The average Bonchev–Trinajstić information content (AvgIpc) is 2.46. The van der Waals surface area contributed by atoms with E-state index in [0.29, 0.717) is 11.1 Å². The van der Waals surface area contributed by atoms with Gasteiger partial charge in [-0.3, -0.25) is 4.79 Å². The first-order valence-electron chi connectivity index (χ1n) is 6.40. The highest BCUT2D eigenvalue weighted by molar-refractivity contribution is 7.89. The van der Waals surface area contributed by atoms with Gasteiger partial charge in [0.15, 0.2) is 9.84 Å². The number of nitrogens with two attached hydrogens (primary N) is 1. The standard InChI is InChI=1S/C15H12N4O3S/c1-23(21,22)8-9-2-4-10(5-3-9)13-11(6-16)14(18)19-15(20)12(13)7-17/h2-5H,8H2,1H3,(H3,18,19,20). The Balaban J connectivity index is 2.66. The molecule has 0 unspecified atom stereocenters. The Bertz CT molecular complexity index is 1010. The zero-order valence-corrected chi connectivity index (χ0v) is 12.9. The first-order chi connectivity index (χ1) is 10.8. The van der Waals surface area contributed by atoms with Crippen molar-refractivity contribution in [1.29, 1.82) is 10.5 Å². The molecule has 0 radical (unpaired) electrons. The van der Waals surface area contributed by atoms with Crippen LogP contribution in [-0.4, -0.2) is 19.7 Å². The van der Waals surface area contributed by atoms with Crippen molar-refractivity contribution >= 4 is 15.7 Å². The number of benzene rings is 1. The van der Waals surface area contributed by atoms with Crippen molar-refractivity contribution in [3.8, 4) is 23.3 Å². The van der Waals surface area contributed by atoms with Crippen LogP contribution in [0, 0.1) is 22.7 Å². The summed E-state index contributed by atoms with van der Waals surface area (Å²) in [5.41, 5.74) is 5.88. The largest absolute Gasteiger partial charge is 0.384 e. The van der Waals surface area contributed by atoms with Gasteiger partial charge < -0.3 is 10.7 Å². The molecule has 0 aliphatic carbocycles. The number of hydrogen-bond acceptors (Lipinski definition) is 6. The smallest absolute Gasteiger partial charge is 0.268 e. The summed E-state index contributed by atoms with van der Waals surface area (Å²) in [7, 11) is -3.17. The quantitative estimate of drug-likeness (QED) is 0.858. The summed E-state index contributed by atoms with van der Waals surface area (Å²) >= 11 is 0. The molecule has 23 heavy (non-hydrogen) atoms. The number of aromatic amines is 1. The number of pyridine rings is 1. The van der Waals surface area contributed by atoms with Gasteiger partial charge in [0.1, 0.15) is 29.1 Å². The van der Waals surface area contributed by atoms with Gasteiger partial charge in [0.05, 0.1) is 5.75 Å². The number of nitrogens with one attached hydrogen (secondary N) is 1. The number of aromatic nitrogens is 1. The van der Waals surface area contributed by atoms with Crippen molar-refractivity contribution in [2.75, 3.05) is 12.0 Å². The van der Waals surface area contributed by atoms with Gasteiger partial charge >= 0.3 is 0 Å². The lowest BCUT2D eigenvalue weighted by Crippen LogP contribution is -2.16. The van der Waals surface area contributed by atoms with E-state index in [2.05, 4.69) is 4.98 Å². The maximum atomic E-state index is 11.8. The molecule has 0 aliphatic rings. The van der Waals surface area contributed by atoms with E-state index in [9.17, 15) is 23.7 Å². The van der Waals surface area contributed by atoms with Crippen LogP contribution in [0.15, 0.2) is 29.1 Å². The van der Waals surface area contributed by atoms with Crippen LogP contribution in [0.1, 0.15) is 16.7 Å². The molecule has 116 valence electrons. The molecule has 0 amide bonds. The average molecular weight is 328 g/mol. The van der Waals surface area contributed by atoms with E-state index in [1.807, 2.05) is 6.07 Å². The van der Waals surface area contributed by atoms with Crippen LogP contribution in [0.5, 0.6) is 0 Å². The zero-order chi connectivity index (χ0) is 17.2. The van der Waals surface area contributed by atoms with Gasteiger partial charge in [-0.1, -0.05) is 24.3 Å². The molecule has 0 aliphatic heterocycles. The molecule has 7 nitrogen and oxygen atoms in total. The SMILES string of the molecule is CS(=O)(=O)Cc1ccc(-c2c(C#N)c(N)[nH]c(=O)c2C#N)cc1. The monoisotopic (exact) mass is 328 g/mol. The summed E-state index contributed by atoms with van der Waals surface area (Å²) in [6.45, 7) is 0. The third-order valence-electron chi connectivity index (χ3n) is 3.14. The van der Waals surface area contributed by atoms with Crippen LogP contribution >= 0.6 is 0 Å². The van der Waals surface area contributed by atoms with Crippen LogP contribution in [0.25, 0.3) is 11.1 Å². The number of nitrogen functional groups attached to an aromatic ring is 1. The van der Waals surface area contributed by atoms with Gasteiger partial charge in [0, 0.05) is 11.8 Å². The Kier molecular flexibility index (Phi) is 4.21. The van der Waals surface area contributed by atoms with Crippen LogP contribution in [0.3, 0.4) is 0 Å². The Morgan fingerprint density at radius 3 is 2.17 bits per heavy atom. The van der Waals surface area contributed by atoms with Gasteiger partial charge in [-0.25, -0.2) is 8.42 Å². The lowest BCUT2D eigenvalue weighted by atomic mass is 9.96. The molecule has 3 N–H and O–H groups in total. The molecular weight excluding hydrogens is 316 g/mol. The van der Waals surface area contributed by atoms with E-state index >= 15 is 0 Å². The van der Waals surface area contributed by atoms with E-state index < -0.39 is 15.4 Å². The lowest BCUT2D eigenvalue weighted by molar-refractivity contribution is 0.601. The first kappa shape index (κ1) is 16.3. The van der Waals surface area contributed by atoms with Crippen molar-refractivity contribution in [2.24, 2.45) is 0 Å². The molecule has 1 aromatic carbocycles. The Morgan fingerprint density at radius 2 is 1.70 bits per heavy atom. The molecular formula is C15H12N4O3S. The molecule has 8 heteroatoms. The van der Waals surface area contributed by atoms with E-state index in [0.717, 1.165) is 6.26 Å². The molecule has 0 spiro atoms. The molecule has 1 heterocycles. The molecule has 2 aromatic rings. The van der Waals surface area contributed by atoms with Crippen molar-refractivity contribution < 1.29 is 8.42 Å². The Hall–Kier alpha value is -3.10. The first-order valence-corrected chi connectivity index (χ1v) is 8.46. The molecule has 0 saturated carbocycles. The molecule has 1 aromatic heterocycles. The molecule has 0 atom stereocenters. The van der Waals surface area contributed by atoms with Gasteiger partial charge in [0.25, 0.3) is 5.56 Å². The summed E-state index contributed by atoms with van der Waals surface area (Å²) in [5.74, 6) is -0.243. The normalized spacial score (nSPS) is 10.7. The number of anilines is 1. The topological polar surface area (TPSA) is 141 Å². The number of sulfone groups is 1. The number of H-pyrrole nitrogens is 1. The fourth-order valence-corrected chi connectivity index (χ4v) is 3.00. The van der Waals surface area contributed by atoms with Crippen LogP contribution in [0.2, 0.25) is 0 Å². The van der Waals surface area contributed by atoms with Crippen molar-refractivity contribution in [1.82, 2.24) is 4.98 Å². The van der Waals surface area contributed by atoms with Crippen LogP contribution in [0.4, 0.5) is 5.82 Å². The molecule has 0 bridgehead atoms. The number of nitriles is 2. The van der Waals surface area contributed by atoms with Crippen LogP contribution < -0.4 is 11.3 Å². The number of hydrogen-bond donors (Lipinski definition) is 2. The maximum Gasteiger partial charge on any atom is 0.268 e. The fraction of sp³-hybridized carbons (Fsp3) is 0.133. The van der Waals surface area contributed by atoms with Gasteiger partial charge in [0.2, 0.25) is 0 Å². The van der Waals surface area contributed by atoms with E-state index in [4.69, 9.17) is 5.73 Å². The number of nitrogens with zero attached hydrogens (tertiary/aromatic N) is 2. The highest BCUT2D eigenvalue weighted by Gasteiger charge is 2.18. The van der Waals surface area contributed by atoms with Crippen molar-refractivity contribution in [2.45, 2.75) is 5.75 Å². The predicted molar refractivity (Wildman–Crippen MR) is 84.9 cm³/mol. The van der Waals surface area contributed by atoms with Gasteiger partial charge in [-0.05, 0) is 11.1 Å². The lowest BCUT2D eigenvalue weighted by Gasteiger charge is -2.09. The summed E-state index contributed by atoms with van der Waals surface area (Å²) in [5, 5.41) is 18.4. The summed E-state index contributed by atoms with van der Waals surface area (Å²) in [6.07, 6.45) is 1.12. The summed E-state index contributed by atoms with van der Waals surface area (Å²) in [6, 6.07) is 9.88. The zero-order valence-electron chi connectivity index (χ0n) is 12.1. The fourth-order valence-electron chi connectivity index (χ4n) is 2.20. The second-order valence-electron chi connectivity index (χ2n) is 4.98. The minimum absolute atomic E-state index is 0.00277. The van der Waals surface area contributed by atoms with Crippen molar-refractivity contribution in [3.63, 3.8) is 0 Å². The van der Waals surface area contributed by atoms with Crippen LogP contribution in [-0.2, 0) is 15.6 Å². The maximum absolute atomic E-state index is 11.8. The molecule has 0 saturated heterocycles. The van der Waals surface area contributed by atoms with E-state index in [1.54, 1.807) is 30.3 Å². The Morgan fingerprint density at radius 1 is 1.13 bits per heavy atom. The van der Waals surface area contributed by atoms with Crippen molar-refractivity contribution in [3.05, 3.63) is 51.3 Å². The Labute approximate surface area is 132 Å². The summed E-state index contributed by atoms with van der Waals surface area (Å²) in [4.78, 5) is 14.1. The molecule has 2 rings (SSSR count). The summed E-state index contributed by atoms with van der Waals surface area (Å²) < 4.78 is 22.6. The number of rotatable bonds is 3. The second-order valence-corrected chi connectivity index (χ2v) is 7.12. The van der Waals surface area contributed by atoms with Gasteiger partial charge in [-0.15, -0.1) is 0 Å². The highest BCUT2D eigenvalue weighted by atomic mass is 32.2. The highest BCUT2D eigenvalue weighted by Crippen LogP contribution is 2.28.